The van der Waals surface area contributed by atoms with Crippen LogP contribution in [0.4, 0.5) is 0 Å². The van der Waals surface area contributed by atoms with Gasteiger partial charge in [-0.15, -0.1) is 0 Å². The van der Waals surface area contributed by atoms with Gasteiger partial charge in [0.15, 0.2) is 0 Å². The zero-order valence-electron chi connectivity index (χ0n) is 7.95. The van der Waals surface area contributed by atoms with Crippen LogP contribution in [0.5, 0.6) is 0 Å². The van der Waals surface area contributed by atoms with Crippen LogP contribution in [0, 0.1) is 11.8 Å². The van der Waals surface area contributed by atoms with Crippen molar-refractivity contribution in [1.29, 1.82) is 0 Å². The van der Waals surface area contributed by atoms with Gasteiger partial charge in [0.2, 0.25) is 0 Å². The number of hydrogen-bond acceptors (Lipinski definition) is 4. The first-order valence-corrected chi connectivity index (χ1v) is 4.61. The van der Waals surface area contributed by atoms with E-state index in [4.69, 9.17) is 0 Å². The normalized spacial score (nSPS) is 29.0. The molecular formula is C9H16N2O2. The van der Waals surface area contributed by atoms with Crippen molar-refractivity contribution in [2.75, 3.05) is 13.1 Å². The minimum Gasteiger partial charge on any atom is -0.319 e. The minimum atomic E-state index is -0.245. The summed E-state index contributed by atoms with van der Waals surface area (Å²) in [5, 5.41) is 6.42. The van der Waals surface area contributed by atoms with Crippen LogP contribution in [-0.4, -0.2) is 25.8 Å². The number of carbonyl (C=O) groups is 1. The van der Waals surface area contributed by atoms with E-state index in [1.54, 1.807) is 0 Å². The molecule has 13 heavy (non-hydrogen) atoms. The molecule has 74 valence electrons. The van der Waals surface area contributed by atoms with Crippen LogP contribution in [-0.2, 0) is 9.63 Å². The number of nitrogens with zero attached hydrogens (tertiary/aromatic N) is 1. The minimum absolute atomic E-state index is 0.0181. The summed E-state index contributed by atoms with van der Waals surface area (Å²) in [5.41, 5.74) is 0. The van der Waals surface area contributed by atoms with E-state index >= 15 is 0 Å². The third kappa shape index (κ3) is 3.14. The van der Waals surface area contributed by atoms with E-state index in [9.17, 15) is 4.79 Å². The van der Waals surface area contributed by atoms with E-state index in [0.29, 0.717) is 5.92 Å². The molecule has 0 radical (unpaired) electrons. The quantitative estimate of drug-likeness (QED) is 0.392. The van der Waals surface area contributed by atoms with E-state index in [2.05, 4.69) is 29.0 Å². The number of carbonyl (C=O) groups excluding carboxylic acids is 1. The Hall–Kier alpha value is -0.900. The molecule has 1 heterocycles. The molecule has 1 aliphatic heterocycles. The first kappa shape index (κ1) is 10.2. The average Bonchev–Trinajstić information content (AvgIpc) is 2.30. The number of rotatable bonds is 2. The Kier molecular flexibility index (Phi) is 3.89. The van der Waals surface area contributed by atoms with Crippen LogP contribution in [0.25, 0.3) is 0 Å². The number of hydrogen-bond donors (Lipinski definition) is 1. The molecule has 1 rings (SSSR count). The molecule has 0 amide bonds. The molecule has 0 aliphatic carbocycles. The maximum Gasteiger partial charge on any atom is 0.338 e. The lowest BCUT2D eigenvalue weighted by molar-refractivity contribution is -0.149. The molecule has 1 N–H and O–H groups in total. The smallest absolute Gasteiger partial charge is 0.319 e. The van der Waals surface area contributed by atoms with Gasteiger partial charge in [-0.05, 0) is 31.8 Å². The third-order valence-electron chi connectivity index (χ3n) is 2.34. The van der Waals surface area contributed by atoms with Crippen LogP contribution in [0.15, 0.2) is 5.16 Å². The fraction of sp³-hybridized carbons (Fsp3) is 0.778. The van der Waals surface area contributed by atoms with Crippen LogP contribution in [0.3, 0.4) is 0 Å². The first-order valence-electron chi connectivity index (χ1n) is 4.61. The molecule has 0 aromatic heterocycles. The third-order valence-corrected chi connectivity index (χ3v) is 2.34. The topological polar surface area (TPSA) is 50.7 Å². The summed E-state index contributed by atoms with van der Waals surface area (Å²) in [5.74, 6) is 0.255. The van der Waals surface area contributed by atoms with Crippen LogP contribution >= 0.6 is 0 Å². The Labute approximate surface area is 78.3 Å². The zero-order chi connectivity index (χ0) is 9.68. The maximum absolute atomic E-state index is 11.3. The van der Waals surface area contributed by atoms with E-state index in [1.807, 2.05) is 0 Å². The molecule has 1 saturated heterocycles. The van der Waals surface area contributed by atoms with Crippen molar-refractivity contribution < 1.29 is 9.63 Å². The van der Waals surface area contributed by atoms with Gasteiger partial charge >= 0.3 is 5.97 Å². The molecular weight excluding hydrogens is 168 g/mol. The highest BCUT2D eigenvalue weighted by molar-refractivity contribution is 5.72. The molecule has 0 aromatic rings. The average molecular weight is 184 g/mol. The van der Waals surface area contributed by atoms with Crippen molar-refractivity contribution in [2.45, 2.75) is 19.8 Å². The van der Waals surface area contributed by atoms with Gasteiger partial charge in [-0.25, -0.2) is 4.79 Å². The monoisotopic (exact) mass is 184 g/mol. The van der Waals surface area contributed by atoms with Crippen molar-refractivity contribution in [1.82, 2.24) is 5.32 Å². The van der Waals surface area contributed by atoms with Crippen LogP contribution in [0.2, 0.25) is 0 Å². The van der Waals surface area contributed by atoms with E-state index in [1.165, 1.54) is 0 Å². The summed E-state index contributed by atoms with van der Waals surface area (Å²) >= 11 is 0. The Balaban J connectivity index is 2.46. The van der Waals surface area contributed by atoms with Gasteiger partial charge in [-0.1, -0.05) is 12.1 Å². The van der Waals surface area contributed by atoms with Crippen LogP contribution in [0.1, 0.15) is 19.8 Å². The Morgan fingerprint density at radius 2 is 2.46 bits per heavy atom. The molecule has 2 atom stereocenters. The Bertz CT molecular complexity index is 194. The van der Waals surface area contributed by atoms with Gasteiger partial charge in [0, 0.05) is 6.72 Å². The largest absolute Gasteiger partial charge is 0.338 e. The molecule has 0 saturated carbocycles. The summed E-state index contributed by atoms with van der Waals surface area (Å²) in [6.45, 7) is 7.11. The number of nitrogens with one attached hydrogen (secondary N) is 1. The second-order valence-corrected chi connectivity index (χ2v) is 3.57. The highest BCUT2D eigenvalue weighted by Crippen LogP contribution is 2.19. The van der Waals surface area contributed by atoms with Gasteiger partial charge in [0.05, 0.1) is 5.92 Å². The lowest BCUT2D eigenvalue weighted by Crippen LogP contribution is -2.18. The van der Waals surface area contributed by atoms with E-state index < -0.39 is 0 Å². The van der Waals surface area contributed by atoms with Crippen molar-refractivity contribution >= 4 is 12.7 Å². The van der Waals surface area contributed by atoms with E-state index in [0.717, 1.165) is 25.9 Å². The maximum atomic E-state index is 11.3. The second kappa shape index (κ2) is 4.97. The van der Waals surface area contributed by atoms with Gasteiger partial charge in [0.25, 0.3) is 0 Å². The fourth-order valence-electron chi connectivity index (χ4n) is 1.66. The fourth-order valence-corrected chi connectivity index (χ4v) is 1.66. The number of oxime groups is 1. The van der Waals surface area contributed by atoms with Crippen molar-refractivity contribution in [2.24, 2.45) is 17.0 Å². The van der Waals surface area contributed by atoms with Gasteiger partial charge < -0.3 is 10.2 Å². The standard InChI is InChI=1S/C9H16N2O2/c1-7-5-8(3-4-11-6-7)9(12)13-10-2/h7-8,11H,2-6H2,1H3. The highest BCUT2D eigenvalue weighted by Gasteiger charge is 2.24. The molecule has 1 fully saturated rings. The predicted octanol–water partition coefficient (Wildman–Crippen LogP) is 0.781. The van der Waals surface area contributed by atoms with E-state index in [-0.39, 0.29) is 11.9 Å². The molecule has 1 aliphatic rings. The summed E-state index contributed by atoms with van der Waals surface area (Å²) in [6.07, 6.45) is 1.71. The summed E-state index contributed by atoms with van der Waals surface area (Å²) in [4.78, 5) is 15.8. The lowest BCUT2D eigenvalue weighted by atomic mass is 9.95. The second-order valence-electron chi connectivity index (χ2n) is 3.57. The molecule has 0 bridgehead atoms. The van der Waals surface area contributed by atoms with Gasteiger partial charge in [-0.3, -0.25) is 0 Å². The van der Waals surface area contributed by atoms with Crippen LogP contribution < -0.4 is 5.32 Å². The van der Waals surface area contributed by atoms with Crippen molar-refractivity contribution in [3.63, 3.8) is 0 Å². The SMILES string of the molecule is C=NOC(=O)C1CCNCC(C)C1. The Morgan fingerprint density at radius 3 is 3.15 bits per heavy atom. The molecule has 2 unspecified atom stereocenters. The lowest BCUT2D eigenvalue weighted by Gasteiger charge is -2.12. The Morgan fingerprint density at radius 1 is 1.69 bits per heavy atom. The van der Waals surface area contributed by atoms with Gasteiger partial charge in [-0.2, -0.15) is 0 Å². The summed E-state index contributed by atoms with van der Waals surface area (Å²) < 4.78 is 0. The molecule has 4 heteroatoms. The highest BCUT2D eigenvalue weighted by atomic mass is 16.7. The first-order chi connectivity index (χ1) is 6.24. The predicted molar refractivity (Wildman–Crippen MR) is 50.4 cm³/mol. The van der Waals surface area contributed by atoms with Crippen molar-refractivity contribution in [3.05, 3.63) is 0 Å². The zero-order valence-corrected chi connectivity index (χ0v) is 7.95. The van der Waals surface area contributed by atoms with Gasteiger partial charge in [0.1, 0.15) is 0 Å². The molecule has 0 aromatic carbocycles. The van der Waals surface area contributed by atoms with Crippen molar-refractivity contribution in [3.8, 4) is 0 Å². The molecule has 4 nitrogen and oxygen atoms in total. The summed E-state index contributed by atoms with van der Waals surface area (Å²) in [6, 6.07) is 0. The molecule has 0 spiro atoms. The summed E-state index contributed by atoms with van der Waals surface area (Å²) in [7, 11) is 0.